The van der Waals surface area contributed by atoms with Crippen molar-refractivity contribution in [1.29, 1.82) is 0 Å². The van der Waals surface area contributed by atoms with Crippen LogP contribution in [0.1, 0.15) is 32.6 Å². The van der Waals surface area contributed by atoms with E-state index in [-0.39, 0.29) is 6.04 Å². The second-order valence-corrected chi connectivity index (χ2v) is 5.54. The van der Waals surface area contributed by atoms with E-state index >= 15 is 0 Å². The van der Waals surface area contributed by atoms with Gasteiger partial charge >= 0.3 is 0 Å². The number of carbonyl (C=O) groups excluding carboxylic acids is 1. The summed E-state index contributed by atoms with van der Waals surface area (Å²) in [6.45, 7) is 2.01. The standard InChI is InChI=1S/C12H20ClNO/c1-8(7-13)14(2)12(15)11-6-9-3-4-10(11)5-9/h8-11H,3-7H2,1-2H3. The van der Waals surface area contributed by atoms with Crippen molar-refractivity contribution in [2.24, 2.45) is 17.8 Å². The molecule has 4 unspecified atom stereocenters. The summed E-state index contributed by atoms with van der Waals surface area (Å²) in [5.41, 5.74) is 0. The Labute approximate surface area is 97.0 Å². The smallest absolute Gasteiger partial charge is 0.225 e. The Morgan fingerprint density at radius 1 is 1.47 bits per heavy atom. The van der Waals surface area contributed by atoms with Gasteiger partial charge in [-0.3, -0.25) is 4.79 Å². The topological polar surface area (TPSA) is 20.3 Å². The molecular weight excluding hydrogens is 210 g/mol. The van der Waals surface area contributed by atoms with Gasteiger partial charge in [0.1, 0.15) is 0 Å². The van der Waals surface area contributed by atoms with E-state index in [1.54, 1.807) is 0 Å². The van der Waals surface area contributed by atoms with Crippen molar-refractivity contribution in [1.82, 2.24) is 4.90 Å². The molecule has 2 rings (SSSR count). The van der Waals surface area contributed by atoms with Crippen molar-refractivity contribution in [3.63, 3.8) is 0 Å². The molecule has 0 aromatic rings. The van der Waals surface area contributed by atoms with E-state index in [2.05, 4.69) is 0 Å². The third kappa shape index (κ3) is 2.01. The van der Waals surface area contributed by atoms with Gasteiger partial charge in [0.05, 0.1) is 0 Å². The molecule has 0 radical (unpaired) electrons. The summed E-state index contributed by atoms with van der Waals surface area (Å²) in [6, 6.07) is 0.165. The molecule has 2 aliphatic carbocycles. The monoisotopic (exact) mass is 229 g/mol. The first-order valence-electron chi connectivity index (χ1n) is 5.96. The molecule has 1 amide bonds. The Morgan fingerprint density at radius 2 is 2.20 bits per heavy atom. The zero-order valence-electron chi connectivity index (χ0n) is 9.58. The van der Waals surface area contributed by atoms with Crippen LogP contribution in [-0.4, -0.2) is 29.8 Å². The minimum absolute atomic E-state index is 0.165. The predicted octanol–water partition coefficient (Wildman–Crippen LogP) is 2.51. The average Bonchev–Trinajstić information content (AvgIpc) is 2.87. The first-order chi connectivity index (χ1) is 7.13. The lowest BCUT2D eigenvalue weighted by atomic mass is 9.87. The average molecular weight is 230 g/mol. The van der Waals surface area contributed by atoms with Crippen molar-refractivity contribution >= 4 is 17.5 Å². The highest BCUT2D eigenvalue weighted by Crippen LogP contribution is 2.48. The molecule has 0 aliphatic heterocycles. The van der Waals surface area contributed by atoms with Crippen molar-refractivity contribution in [3.8, 4) is 0 Å². The van der Waals surface area contributed by atoms with E-state index in [9.17, 15) is 4.79 Å². The van der Waals surface area contributed by atoms with Crippen LogP contribution < -0.4 is 0 Å². The minimum Gasteiger partial charge on any atom is -0.342 e. The van der Waals surface area contributed by atoms with E-state index < -0.39 is 0 Å². The molecule has 0 aromatic heterocycles. The molecule has 86 valence electrons. The zero-order chi connectivity index (χ0) is 11.0. The van der Waals surface area contributed by atoms with Crippen LogP contribution >= 0.6 is 11.6 Å². The second-order valence-electron chi connectivity index (χ2n) is 5.23. The Bertz CT molecular complexity index is 256. The van der Waals surface area contributed by atoms with Gasteiger partial charge in [-0.25, -0.2) is 0 Å². The summed E-state index contributed by atoms with van der Waals surface area (Å²) in [6.07, 6.45) is 5.04. The van der Waals surface area contributed by atoms with Crippen LogP contribution in [-0.2, 0) is 4.79 Å². The Kier molecular flexibility index (Phi) is 3.24. The lowest BCUT2D eigenvalue weighted by molar-refractivity contribution is -0.137. The van der Waals surface area contributed by atoms with Crippen molar-refractivity contribution in [3.05, 3.63) is 0 Å². The minimum atomic E-state index is 0.165. The maximum Gasteiger partial charge on any atom is 0.225 e. The van der Waals surface area contributed by atoms with Crippen LogP contribution in [0.5, 0.6) is 0 Å². The first-order valence-corrected chi connectivity index (χ1v) is 6.49. The molecule has 2 fully saturated rings. The fourth-order valence-corrected chi connectivity index (χ4v) is 3.34. The summed E-state index contributed by atoms with van der Waals surface area (Å²) in [7, 11) is 1.89. The first kappa shape index (κ1) is 11.3. The molecule has 0 spiro atoms. The fourth-order valence-electron chi connectivity index (χ4n) is 3.13. The molecule has 2 saturated carbocycles. The molecule has 0 heterocycles. The predicted molar refractivity (Wildman–Crippen MR) is 61.9 cm³/mol. The fraction of sp³-hybridized carbons (Fsp3) is 0.917. The zero-order valence-corrected chi connectivity index (χ0v) is 10.3. The van der Waals surface area contributed by atoms with Crippen LogP contribution in [0.25, 0.3) is 0 Å². The van der Waals surface area contributed by atoms with E-state index in [1.807, 2.05) is 18.9 Å². The van der Waals surface area contributed by atoms with Gasteiger partial charge in [0.25, 0.3) is 0 Å². The van der Waals surface area contributed by atoms with Crippen LogP contribution in [0.3, 0.4) is 0 Å². The molecule has 2 aliphatic rings. The quantitative estimate of drug-likeness (QED) is 0.681. The number of rotatable bonds is 3. The van der Waals surface area contributed by atoms with Gasteiger partial charge in [0.2, 0.25) is 5.91 Å². The Morgan fingerprint density at radius 3 is 2.67 bits per heavy atom. The molecule has 3 heteroatoms. The number of nitrogens with zero attached hydrogens (tertiary/aromatic N) is 1. The van der Waals surface area contributed by atoms with Crippen LogP contribution in [0.4, 0.5) is 0 Å². The van der Waals surface area contributed by atoms with Crippen molar-refractivity contribution in [2.45, 2.75) is 38.6 Å². The highest BCUT2D eigenvalue weighted by Gasteiger charge is 2.44. The van der Waals surface area contributed by atoms with Gasteiger partial charge in [0, 0.05) is 24.9 Å². The van der Waals surface area contributed by atoms with Gasteiger partial charge < -0.3 is 4.90 Å². The summed E-state index contributed by atoms with van der Waals surface area (Å²) < 4.78 is 0. The number of halogens is 1. The number of amides is 1. The van der Waals surface area contributed by atoms with E-state index in [0.29, 0.717) is 23.6 Å². The molecular formula is C12H20ClNO. The number of hydrogen-bond acceptors (Lipinski definition) is 1. The van der Waals surface area contributed by atoms with Gasteiger partial charge in [0.15, 0.2) is 0 Å². The third-order valence-electron chi connectivity index (χ3n) is 4.29. The van der Waals surface area contributed by atoms with Crippen LogP contribution in [0.2, 0.25) is 0 Å². The molecule has 2 bridgehead atoms. The number of hydrogen-bond donors (Lipinski definition) is 0. The Balaban J connectivity index is 1.96. The molecule has 0 N–H and O–H groups in total. The SMILES string of the molecule is CC(CCl)N(C)C(=O)C1CC2CCC1C2. The second kappa shape index (κ2) is 4.32. The lowest BCUT2D eigenvalue weighted by Crippen LogP contribution is -2.41. The lowest BCUT2D eigenvalue weighted by Gasteiger charge is -2.29. The van der Waals surface area contributed by atoms with Crippen LogP contribution in [0, 0.1) is 17.8 Å². The maximum atomic E-state index is 12.2. The summed E-state index contributed by atoms with van der Waals surface area (Å²) in [4.78, 5) is 14.0. The van der Waals surface area contributed by atoms with Crippen molar-refractivity contribution in [2.75, 3.05) is 12.9 Å². The van der Waals surface area contributed by atoms with Gasteiger partial charge in [-0.15, -0.1) is 11.6 Å². The summed E-state index contributed by atoms with van der Waals surface area (Å²) >= 11 is 5.78. The molecule has 2 nitrogen and oxygen atoms in total. The Hall–Kier alpha value is -0.240. The number of carbonyl (C=O) groups is 1. The molecule has 0 saturated heterocycles. The van der Waals surface area contributed by atoms with Gasteiger partial charge in [-0.05, 0) is 38.0 Å². The van der Waals surface area contributed by atoms with Gasteiger partial charge in [-0.2, -0.15) is 0 Å². The number of alkyl halides is 1. The molecule has 4 atom stereocenters. The summed E-state index contributed by atoms with van der Waals surface area (Å²) in [5.74, 6) is 2.68. The number of fused-ring (bicyclic) bond motifs is 2. The van der Waals surface area contributed by atoms with Crippen molar-refractivity contribution < 1.29 is 4.79 Å². The van der Waals surface area contributed by atoms with Gasteiger partial charge in [-0.1, -0.05) is 6.42 Å². The largest absolute Gasteiger partial charge is 0.342 e. The highest BCUT2D eigenvalue weighted by molar-refractivity contribution is 6.18. The van der Waals surface area contributed by atoms with Crippen LogP contribution in [0.15, 0.2) is 0 Å². The van der Waals surface area contributed by atoms with E-state index in [4.69, 9.17) is 11.6 Å². The molecule has 0 aromatic carbocycles. The molecule has 15 heavy (non-hydrogen) atoms. The van der Waals surface area contributed by atoms with E-state index in [0.717, 1.165) is 12.3 Å². The normalized spacial score (nSPS) is 35.5. The van der Waals surface area contributed by atoms with E-state index in [1.165, 1.54) is 19.3 Å². The highest BCUT2D eigenvalue weighted by atomic mass is 35.5. The maximum absolute atomic E-state index is 12.2. The summed E-state index contributed by atoms with van der Waals surface area (Å²) in [5, 5.41) is 0. The third-order valence-corrected chi connectivity index (χ3v) is 4.73.